The maximum absolute atomic E-state index is 12.1. The van der Waals surface area contributed by atoms with Crippen LogP contribution in [0.25, 0.3) is 6.08 Å². The summed E-state index contributed by atoms with van der Waals surface area (Å²) >= 11 is 3.43. The Hall–Kier alpha value is -3.13. The van der Waals surface area contributed by atoms with Crippen LogP contribution in [0.1, 0.15) is 28.4 Å². The van der Waals surface area contributed by atoms with Crippen molar-refractivity contribution in [3.63, 3.8) is 0 Å². The molecule has 3 amide bonds. The highest BCUT2D eigenvalue weighted by Crippen LogP contribution is 2.28. The van der Waals surface area contributed by atoms with Gasteiger partial charge in [-0.15, -0.1) is 0 Å². The number of carboxylic acid groups (broad SMARTS) is 1. The SMILES string of the molecule is CCN1C(=O)N/C(=C\c2ccc(OCc3cccc(C(=O)O)c3)c(Br)c2)C1=O. The average molecular weight is 445 g/mol. The van der Waals surface area contributed by atoms with Gasteiger partial charge in [-0.05, 0) is 64.3 Å². The molecule has 1 aliphatic rings. The topological polar surface area (TPSA) is 95.9 Å². The first-order chi connectivity index (χ1) is 13.4. The monoisotopic (exact) mass is 444 g/mol. The molecule has 0 atom stereocenters. The first-order valence-electron chi connectivity index (χ1n) is 8.48. The number of urea groups is 1. The molecule has 0 unspecified atom stereocenters. The lowest BCUT2D eigenvalue weighted by atomic mass is 10.1. The molecule has 0 saturated carbocycles. The molecule has 0 aliphatic carbocycles. The summed E-state index contributed by atoms with van der Waals surface area (Å²) in [5, 5.41) is 11.6. The van der Waals surface area contributed by atoms with E-state index in [9.17, 15) is 14.4 Å². The Morgan fingerprint density at radius 2 is 2.04 bits per heavy atom. The van der Waals surface area contributed by atoms with Crippen LogP contribution in [0.2, 0.25) is 0 Å². The number of hydrogen-bond donors (Lipinski definition) is 2. The number of halogens is 1. The summed E-state index contributed by atoms with van der Waals surface area (Å²) in [4.78, 5) is 36.0. The van der Waals surface area contributed by atoms with E-state index in [1.54, 1.807) is 49.4 Å². The van der Waals surface area contributed by atoms with Gasteiger partial charge in [0.1, 0.15) is 18.1 Å². The second-order valence-electron chi connectivity index (χ2n) is 6.02. The van der Waals surface area contributed by atoms with E-state index < -0.39 is 12.0 Å². The van der Waals surface area contributed by atoms with Crippen LogP contribution in [0.15, 0.2) is 52.6 Å². The maximum Gasteiger partial charge on any atom is 0.335 e. The number of imide groups is 1. The molecule has 0 radical (unpaired) electrons. The van der Waals surface area contributed by atoms with Gasteiger partial charge in [-0.2, -0.15) is 0 Å². The highest BCUT2D eigenvalue weighted by atomic mass is 79.9. The Balaban J connectivity index is 1.72. The third kappa shape index (κ3) is 4.23. The van der Waals surface area contributed by atoms with Crippen LogP contribution >= 0.6 is 15.9 Å². The van der Waals surface area contributed by atoms with Gasteiger partial charge >= 0.3 is 12.0 Å². The molecule has 2 N–H and O–H groups in total. The van der Waals surface area contributed by atoms with Crippen molar-refractivity contribution in [3.8, 4) is 5.75 Å². The van der Waals surface area contributed by atoms with Crippen LogP contribution < -0.4 is 10.1 Å². The van der Waals surface area contributed by atoms with E-state index in [0.29, 0.717) is 22.3 Å². The van der Waals surface area contributed by atoms with Crippen molar-refractivity contribution >= 4 is 39.9 Å². The van der Waals surface area contributed by atoms with E-state index >= 15 is 0 Å². The summed E-state index contributed by atoms with van der Waals surface area (Å²) in [6.07, 6.45) is 1.60. The van der Waals surface area contributed by atoms with Crippen LogP contribution in [0.3, 0.4) is 0 Å². The fourth-order valence-electron chi connectivity index (χ4n) is 2.70. The van der Waals surface area contributed by atoms with Gasteiger partial charge in [0, 0.05) is 6.54 Å². The number of rotatable bonds is 6. The summed E-state index contributed by atoms with van der Waals surface area (Å²) < 4.78 is 6.42. The maximum atomic E-state index is 12.1. The van der Waals surface area contributed by atoms with Gasteiger partial charge < -0.3 is 15.2 Å². The summed E-state index contributed by atoms with van der Waals surface area (Å²) in [5.41, 5.74) is 1.87. The van der Waals surface area contributed by atoms with Gasteiger partial charge in [0.25, 0.3) is 5.91 Å². The first-order valence-corrected chi connectivity index (χ1v) is 9.27. The summed E-state index contributed by atoms with van der Waals surface area (Å²) in [6, 6.07) is 11.4. The molecule has 8 heteroatoms. The van der Waals surface area contributed by atoms with Crippen LogP contribution in [0, 0.1) is 0 Å². The van der Waals surface area contributed by atoms with Crippen LogP contribution in [0.4, 0.5) is 4.79 Å². The number of hydrogen-bond acceptors (Lipinski definition) is 4. The third-order valence-corrected chi connectivity index (χ3v) is 4.73. The van der Waals surface area contributed by atoms with Crippen molar-refractivity contribution in [3.05, 3.63) is 69.3 Å². The molecule has 0 bridgehead atoms. The highest BCUT2D eigenvalue weighted by Gasteiger charge is 2.31. The zero-order chi connectivity index (χ0) is 20.3. The van der Waals surface area contributed by atoms with Gasteiger partial charge in [-0.25, -0.2) is 9.59 Å². The van der Waals surface area contributed by atoms with E-state index in [1.165, 1.54) is 6.07 Å². The molecule has 28 heavy (non-hydrogen) atoms. The predicted molar refractivity (Wildman–Crippen MR) is 106 cm³/mol. The van der Waals surface area contributed by atoms with E-state index in [-0.39, 0.29) is 23.8 Å². The number of ether oxygens (including phenoxy) is 1. The molecule has 2 aromatic rings. The van der Waals surface area contributed by atoms with Crippen LogP contribution in [-0.2, 0) is 11.4 Å². The first kappa shape index (κ1) is 19.6. The van der Waals surface area contributed by atoms with Crippen molar-refractivity contribution in [1.82, 2.24) is 10.2 Å². The normalized spacial score (nSPS) is 15.1. The molecule has 2 aromatic carbocycles. The minimum absolute atomic E-state index is 0.200. The number of benzene rings is 2. The van der Waals surface area contributed by atoms with Crippen molar-refractivity contribution in [2.24, 2.45) is 0 Å². The number of amides is 3. The lowest BCUT2D eigenvalue weighted by Gasteiger charge is -2.10. The lowest BCUT2D eigenvalue weighted by Crippen LogP contribution is -2.30. The second kappa shape index (κ2) is 8.26. The van der Waals surface area contributed by atoms with E-state index in [1.807, 2.05) is 0 Å². The van der Waals surface area contributed by atoms with Crippen molar-refractivity contribution < 1.29 is 24.2 Å². The fourth-order valence-corrected chi connectivity index (χ4v) is 3.22. The van der Waals surface area contributed by atoms with E-state index in [4.69, 9.17) is 9.84 Å². The standard InChI is InChI=1S/C20H17BrN2O5/c1-2-23-18(24)16(22-20(23)27)10-12-6-7-17(15(21)9-12)28-11-13-4-3-5-14(8-13)19(25)26/h3-10H,2,11H2,1H3,(H,22,27)(H,25,26)/b16-10-. The van der Waals surface area contributed by atoms with Gasteiger partial charge in [-0.3, -0.25) is 9.69 Å². The molecule has 1 aliphatic heterocycles. The van der Waals surface area contributed by atoms with Crippen LogP contribution in [0.5, 0.6) is 5.75 Å². The number of likely N-dealkylation sites (N-methyl/N-ethyl adjacent to an activating group) is 1. The Kier molecular flexibility index (Phi) is 5.79. The molecule has 7 nitrogen and oxygen atoms in total. The molecular formula is C20H17BrN2O5. The largest absolute Gasteiger partial charge is 0.488 e. The van der Waals surface area contributed by atoms with Crippen LogP contribution in [-0.4, -0.2) is 34.5 Å². The van der Waals surface area contributed by atoms with E-state index in [2.05, 4.69) is 21.2 Å². The zero-order valence-electron chi connectivity index (χ0n) is 14.9. The summed E-state index contributed by atoms with van der Waals surface area (Å²) in [7, 11) is 0. The highest BCUT2D eigenvalue weighted by molar-refractivity contribution is 9.10. The van der Waals surface area contributed by atoms with Crippen molar-refractivity contribution in [1.29, 1.82) is 0 Å². The molecule has 0 spiro atoms. The average Bonchev–Trinajstić information content (AvgIpc) is 2.94. The Labute approximate surface area is 169 Å². The third-order valence-electron chi connectivity index (χ3n) is 4.11. The smallest absolute Gasteiger partial charge is 0.335 e. The van der Waals surface area contributed by atoms with Gasteiger partial charge in [0.2, 0.25) is 0 Å². The van der Waals surface area contributed by atoms with Crippen molar-refractivity contribution in [2.45, 2.75) is 13.5 Å². The van der Waals surface area contributed by atoms with Gasteiger partial charge in [-0.1, -0.05) is 18.2 Å². The van der Waals surface area contributed by atoms with E-state index in [0.717, 1.165) is 10.5 Å². The number of carbonyl (C=O) groups excluding carboxylic acids is 2. The number of nitrogens with zero attached hydrogens (tertiary/aromatic N) is 1. The number of carboxylic acids is 1. The predicted octanol–water partition coefficient (Wildman–Crippen LogP) is 3.64. The number of nitrogens with one attached hydrogen (secondary N) is 1. The Morgan fingerprint density at radius 1 is 1.25 bits per heavy atom. The molecular weight excluding hydrogens is 428 g/mol. The molecule has 0 aromatic heterocycles. The zero-order valence-corrected chi connectivity index (χ0v) is 16.5. The van der Waals surface area contributed by atoms with Crippen molar-refractivity contribution in [2.75, 3.05) is 6.54 Å². The minimum Gasteiger partial charge on any atom is -0.488 e. The Bertz CT molecular complexity index is 986. The summed E-state index contributed by atoms with van der Waals surface area (Å²) in [6.45, 7) is 2.25. The molecule has 1 heterocycles. The number of carbonyl (C=O) groups is 3. The summed E-state index contributed by atoms with van der Waals surface area (Å²) in [5.74, 6) is -0.780. The fraction of sp³-hybridized carbons (Fsp3) is 0.150. The molecule has 144 valence electrons. The quantitative estimate of drug-likeness (QED) is 0.523. The molecule has 3 rings (SSSR count). The number of aromatic carboxylic acids is 1. The Morgan fingerprint density at radius 3 is 2.68 bits per heavy atom. The second-order valence-corrected chi connectivity index (χ2v) is 6.88. The minimum atomic E-state index is -0.990. The van der Waals surface area contributed by atoms with Gasteiger partial charge in [0.15, 0.2) is 0 Å². The molecule has 1 fully saturated rings. The lowest BCUT2D eigenvalue weighted by molar-refractivity contribution is -0.122. The van der Waals surface area contributed by atoms with Gasteiger partial charge in [0.05, 0.1) is 10.0 Å². The molecule has 1 saturated heterocycles.